The molecular weight excluding hydrogens is 304 g/mol. The van der Waals surface area contributed by atoms with Crippen LogP contribution in [0.5, 0.6) is 0 Å². The molecule has 4 nitrogen and oxygen atoms in total. The molecule has 6 heteroatoms. The molecule has 2 rings (SSSR count). The molecule has 108 valence electrons. The van der Waals surface area contributed by atoms with Gasteiger partial charge in [-0.3, -0.25) is 10.4 Å². The van der Waals surface area contributed by atoms with Gasteiger partial charge in [-0.15, -0.1) is 0 Å². The molecule has 0 saturated carbocycles. The number of hydrogen-bond acceptors (Lipinski definition) is 3. The lowest BCUT2D eigenvalue weighted by molar-refractivity contribution is 1.04. The highest BCUT2D eigenvalue weighted by Crippen LogP contribution is 2.22. The number of halogens is 1. The number of aromatic nitrogens is 1. The minimum atomic E-state index is 0.406. The third kappa shape index (κ3) is 4.24. The van der Waals surface area contributed by atoms with Crippen LogP contribution in [0.3, 0.4) is 0 Å². The van der Waals surface area contributed by atoms with Gasteiger partial charge in [-0.2, -0.15) is 5.10 Å². The SMILES string of the molecule is C/C(=N\NC(=S)Nc1cccc(Cl)c1C)c1cccnc1. The number of hydrogen-bond donors (Lipinski definition) is 2. The normalized spacial score (nSPS) is 11.1. The minimum absolute atomic E-state index is 0.406. The van der Waals surface area contributed by atoms with Crippen molar-refractivity contribution in [3.05, 3.63) is 58.9 Å². The van der Waals surface area contributed by atoms with E-state index in [-0.39, 0.29) is 0 Å². The Bertz CT molecular complexity index is 671. The molecule has 0 amide bonds. The Morgan fingerprint density at radius 2 is 2.10 bits per heavy atom. The second-order valence-electron chi connectivity index (χ2n) is 4.42. The van der Waals surface area contributed by atoms with Crippen LogP contribution in [0, 0.1) is 6.92 Å². The van der Waals surface area contributed by atoms with E-state index < -0.39 is 0 Å². The quantitative estimate of drug-likeness (QED) is 0.514. The molecular formula is C15H15ClN4S. The van der Waals surface area contributed by atoms with Crippen LogP contribution in [0.2, 0.25) is 5.02 Å². The lowest BCUT2D eigenvalue weighted by Gasteiger charge is -2.11. The van der Waals surface area contributed by atoms with E-state index in [9.17, 15) is 0 Å². The van der Waals surface area contributed by atoms with Crippen LogP contribution in [0.25, 0.3) is 0 Å². The molecule has 0 bridgehead atoms. The predicted octanol–water partition coefficient (Wildman–Crippen LogP) is 3.75. The van der Waals surface area contributed by atoms with E-state index in [1.165, 1.54) is 0 Å². The maximum Gasteiger partial charge on any atom is 0.191 e. The monoisotopic (exact) mass is 318 g/mol. The fourth-order valence-electron chi connectivity index (χ4n) is 1.67. The summed E-state index contributed by atoms with van der Waals surface area (Å²) in [6.45, 7) is 3.81. The fourth-order valence-corrected chi connectivity index (χ4v) is 2.00. The maximum atomic E-state index is 6.07. The molecule has 0 aliphatic carbocycles. The van der Waals surface area contributed by atoms with Crippen molar-refractivity contribution in [2.24, 2.45) is 5.10 Å². The van der Waals surface area contributed by atoms with Gasteiger partial charge >= 0.3 is 0 Å². The summed E-state index contributed by atoms with van der Waals surface area (Å²) in [6, 6.07) is 9.41. The summed E-state index contributed by atoms with van der Waals surface area (Å²) < 4.78 is 0. The van der Waals surface area contributed by atoms with Gasteiger partial charge in [0.1, 0.15) is 0 Å². The minimum Gasteiger partial charge on any atom is -0.331 e. The van der Waals surface area contributed by atoms with E-state index in [4.69, 9.17) is 23.8 Å². The van der Waals surface area contributed by atoms with Crippen LogP contribution < -0.4 is 10.7 Å². The average molecular weight is 319 g/mol. The van der Waals surface area contributed by atoms with Gasteiger partial charge in [-0.05, 0) is 49.8 Å². The average Bonchev–Trinajstić information content (AvgIpc) is 2.50. The standard InChI is InChI=1S/C15H15ClN4S/c1-10-13(16)6-3-7-14(10)18-15(21)20-19-11(2)12-5-4-8-17-9-12/h3-9H,1-2H3,(H2,18,20,21)/b19-11+. The zero-order chi connectivity index (χ0) is 15.2. The van der Waals surface area contributed by atoms with Crippen molar-refractivity contribution >= 4 is 40.3 Å². The Kier molecular flexibility index (Phi) is 5.25. The summed E-state index contributed by atoms with van der Waals surface area (Å²) in [7, 11) is 0. The predicted molar refractivity (Wildman–Crippen MR) is 92.0 cm³/mol. The lowest BCUT2D eigenvalue weighted by atomic mass is 10.2. The molecule has 2 N–H and O–H groups in total. The van der Waals surface area contributed by atoms with E-state index in [0.717, 1.165) is 22.5 Å². The number of anilines is 1. The van der Waals surface area contributed by atoms with Gasteiger partial charge in [0.25, 0.3) is 0 Å². The molecule has 1 aromatic heterocycles. The fraction of sp³-hybridized carbons (Fsp3) is 0.133. The van der Waals surface area contributed by atoms with Gasteiger partial charge in [0.05, 0.1) is 5.71 Å². The van der Waals surface area contributed by atoms with Crippen molar-refractivity contribution < 1.29 is 0 Å². The van der Waals surface area contributed by atoms with Gasteiger partial charge in [-0.25, -0.2) is 0 Å². The number of pyridine rings is 1. The highest BCUT2D eigenvalue weighted by Gasteiger charge is 2.03. The van der Waals surface area contributed by atoms with Gasteiger partial charge in [-0.1, -0.05) is 23.7 Å². The summed E-state index contributed by atoms with van der Waals surface area (Å²) in [5.74, 6) is 0. The van der Waals surface area contributed by atoms with Crippen LogP contribution in [0.15, 0.2) is 47.8 Å². The van der Waals surface area contributed by atoms with Crippen molar-refractivity contribution in [1.82, 2.24) is 10.4 Å². The topological polar surface area (TPSA) is 49.3 Å². The van der Waals surface area contributed by atoms with E-state index in [0.29, 0.717) is 10.1 Å². The number of thiocarbonyl (C=S) groups is 1. The number of nitrogens with one attached hydrogen (secondary N) is 2. The molecule has 2 aromatic rings. The molecule has 0 unspecified atom stereocenters. The maximum absolute atomic E-state index is 6.07. The van der Waals surface area contributed by atoms with Crippen molar-refractivity contribution in [3.8, 4) is 0 Å². The smallest absolute Gasteiger partial charge is 0.191 e. The molecule has 0 atom stereocenters. The summed E-state index contributed by atoms with van der Waals surface area (Å²) >= 11 is 11.3. The van der Waals surface area contributed by atoms with Crippen molar-refractivity contribution in [2.45, 2.75) is 13.8 Å². The Morgan fingerprint density at radius 3 is 2.81 bits per heavy atom. The molecule has 0 radical (unpaired) electrons. The third-order valence-electron chi connectivity index (χ3n) is 2.92. The zero-order valence-electron chi connectivity index (χ0n) is 11.7. The molecule has 1 heterocycles. The summed E-state index contributed by atoms with van der Waals surface area (Å²) in [5, 5.41) is 8.40. The van der Waals surface area contributed by atoms with Crippen LogP contribution in [0.4, 0.5) is 5.69 Å². The Labute approximate surface area is 134 Å². The highest BCUT2D eigenvalue weighted by atomic mass is 35.5. The molecule has 21 heavy (non-hydrogen) atoms. The molecule has 0 saturated heterocycles. The first-order chi connectivity index (χ1) is 10.1. The van der Waals surface area contributed by atoms with Gasteiger partial charge in [0.15, 0.2) is 5.11 Å². The first-order valence-corrected chi connectivity index (χ1v) is 7.13. The van der Waals surface area contributed by atoms with Crippen LogP contribution in [-0.2, 0) is 0 Å². The van der Waals surface area contributed by atoms with Crippen molar-refractivity contribution in [1.29, 1.82) is 0 Å². The van der Waals surface area contributed by atoms with Crippen molar-refractivity contribution in [3.63, 3.8) is 0 Å². The van der Waals surface area contributed by atoms with Gasteiger partial charge < -0.3 is 5.32 Å². The van der Waals surface area contributed by atoms with Crippen LogP contribution in [-0.4, -0.2) is 15.8 Å². The summed E-state index contributed by atoms with van der Waals surface area (Å²) in [6.07, 6.45) is 3.47. The van der Waals surface area contributed by atoms with Crippen LogP contribution >= 0.6 is 23.8 Å². The highest BCUT2D eigenvalue weighted by molar-refractivity contribution is 7.80. The molecule has 0 aliphatic rings. The largest absolute Gasteiger partial charge is 0.331 e. The second-order valence-corrected chi connectivity index (χ2v) is 5.23. The molecule has 0 aliphatic heterocycles. The third-order valence-corrected chi connectivity index (χ3v) is 3.52. The van der Waals surface area contributed by atoms with E-state index in [1.54, 1.807) is 12.4 Å². The van der Waals surface area contributed by atoms with Gasteiger partial charge in [0.2, 0.25) is 0 Å². The summed E-state index contributed by atoms with van der Waals surface area (Å²) in [4.78, 5) is 4.05. The lowest BCUT2D eigenvalue weighted by Crippen LogP contribution is -2.25. The number of rotatable bonds is 3. The first-order valence-electron chi connectivity index (χ1n) is 6.34. The number of hydrazone groups is 1. The van der Waals surface area contributed by atoms with E-state index in [2.05, 4.69) is 20.8 Å². The Balaban J connectivity index is 2.01. The Morgan fingerprint density at radius 1 is 1.29 bits per heavy atom. The first kappa shape index (κ1) is 15.4. The van der Waals surface area contributed by atoms with Crippen LogP contribution in [0.1, 0.15) is 18.1 Å². The second kappa shape index (κ2) is 7.15. The molecule has 0 spiro atoms. The number of benzene rings is 1. The van der Waals surface area contributed by atoms with E-state index in [1.807, 2.05) is 44.2 Å². The molecule has 1 aromatic carbocycles. The number of nitrogens with zero attached hydrogens (tertiary/aromatic N) is 2. The Hall–Kier alpha value is -1.98. The van der Waals surface area contributed by atoms with E-state index >= 15 is 0 Å². The zero-order valence-corrected chi connectivity index (χ0v) is 13.3. The van der Waals surface area contributed by atoms with Gasteiger partial charge in [0, 0.05) is 28.7 Å². The van der Waals surface area contributed by atoms with Crippen molar-refractivity contribution in [2.75, 3.05) is 5.32 Å². The molecule has 0 fully saturated rings. The summed E-state index contributed by atoms with van der Waals surface area (Å²) in [5.41, 5.74) is 6.35.